The summed E-state index contributed by atoms with van der Waals surface area (Å²) >= 11 is 0. The van der Waals surface area contributed by atoms with Gasteiger partial charge in [0, 0.05) is 39.8 Å². The molecule has 1 fully saturated rings. The summed E-state index contributed by atoms with van der Waals surface area (Å²) in [5, 5.41) is 14.5. The standard InChI is InChI=1S/C14H20N4O3/c1-10-4-5-11(12(8-10)18(20)21)17-7-6-15-9-13(17)14(19)16(2)3/h4-5,8,13,15H,6-7,9H2,1-3H3. The topological polar surface area (TPSA) is 78.7 Å². The van der Waals surface area contributed by atoms with Crippen molar-refractivity contribution in [3.63, 3.8) is 0 Å². The largest absolute Gasteiger partial charge is 0.352 e. The monoisotopic (exact) mass is 292 g/mol. The van der Waals surface area contributed by atoms with Crippen molar-refractivity contribution in [3.8, 4) is 0 Å². The maximum Gasteiger partial charge on any atom is 0.292 e. The first-order chi connectivity index (χ1) is 9.91. The molecule has 1 heterocycles. The Balaban J connectivity index is 2.42. The van der Waals surface area contributed by atoms with Gasteiger partial charge in [0.2, 0.25) is 5.91 Å². The van der Waals surface area contributed by atoms with E-state index in [9.17, 15) is 14.9 Å². The zero-order chi connectivity index (χ0) is 15.6. The number of anilines is 1. The van der Waals surface area contributed by atoms with E-state index < -0.39 is 6.04 Å². The van der Waals surface area contributed by atoms with Crippen LogP contribution in [0.5, 0.6) is 0 Å². The molecule has 0 saturated carbocycles. The molecule has 0 aliphatic carbocycles. The Kier molecular flexibility index (Phi) is 4.42. The van der Waals surface area contributed by atoms with Crippen molar-refractivity contribution in [2.75, 3.05) is 38.6 Å². The third kappa shape index (κ3) is 3.13. The van der Waals surface area contributed by atoms with Gasteiger partial charge in [0.1, 0.15) is 11.7 Å². The average Bonchev–Trinajstić information content (AvgIpc) is 2.46. The van der Waals surface area contributed by atoms with Gasteiger partial charge in [0.15, 0.2) is 0 Å². The second-order valence-electron chi connectivity index (χ2n) is 5.40. The Labute approximate surface area is 123 Å². The lowest BCUT2D eigenvalue weighted by atomic mass is 10.1. The Hall–Kier alpha value is -2.15. The molecular weight excluding hydrogens is 272 g/mol. The highest BCUT2D eigenvalue weighted by Crippen LogP contribution is 2.31. The number of hydrogen-bond acceptors (Lipinski definition) is 5. The van der Waals surface area contributed by atoms with E-state index in [1.807, 2.05) is 17.9 Å². The molecule has 1 aliphatic heterocycles. The number of likely N-dealkylation sites (N-methyl/N-ethyl adjacent to an activating group) is 1. The number of aryl methyl sites for hydroxylation is 1. The van der Waals surface area contributed by atoms with Crippen LogP contribution in [0.2, 0.25) is 0 Å². The molecule has 1 aromatic rings. The lowest BCUT2D eigenvalue weighted by molar-refractivity contribution is -0.384. The molecule has 21 heavy (non-hydrogen) atoms. The zero-order valence-corrected chi connectivity index (χ0v) is 12.5. The number of nitro groups is 1. The Morgan fingerprint density at radius 1 is 1.48 bits per heavy atom. The van der Waals surface area contributed by atoms with Gasteiger partial charge < -0.3 is 15.1 Å². The first-order valence-electron chi connectivity index (χ1n) is 6.85. The second kappa shape index (κ2) is 6.09. The zero-order valence-electron chi connectivity index (χ0n) is 12.5. The van der Waals surface area contributed by atoms with Gasteiger partial charge in [-0.3, -0.25) is 14.9 Å². The van der Waals surface area contributed by atoms with E-state index in [0.29, 0.717) is 25.3 Å². The number of piperazine rings is 1. The van der Waals surface area contributed by atoms with Crippen molar-refractivity contribution < 1.29 is 9.72 Å². The molecule has 0 spiro atoms. The summed E-state index contributed by atoms with van der Waals surface area (Å²) in [5.74, 6) is -0.0583. The second-order valence-corrected chi connectivity index (χ2v) is 5.40. The summed E-state index contributed by atoms with van der Waals surface area (Å²) < 4.78 is 0. The van der Waals surface area contributed by atoms with Gasteiger partial charge in [0.25, 0.3) is 5.69 Å². The van der Waals surface area contributed by atoms with Gasteiger partial charge in [-0.15, -0.1) is 0 Å². The molecule has 1 saturated heterocycles. The van der Waals surface area contributed by atoms with Gasteiger partial charge in [-0.1, -0.05) is 6.07 Å². The number of hydrogen-bond donors (Lipinski definition) is 1. The molecule has 0 radical (unpaired) electrons. The fraction of sp³-hybridized carbons (Fsp3) is 0.500. The van der Waals surface area contributed by atoms with E-state index in [-0.39, 0.29) is 16.5 Å². The smallest absolute Gasteiger partial charge is 0.292 e. The maximum absolute atomic E-state index is 12.3. The number of rotatable bonds is 3. The van der Waals surface area contributed by atoms with Gasteiger partial charge in [-0.05, 0) is 18.6 Å². The minimum absolute atomic E-state index is 0.0495. The van der Waals surface area contributed by atoms with Crippen molar-refractivity contribution in [1.29, 1.82) is 0 Å². The maximum atomic E-state index is 12.3. The van der Waals surface area contributed by atoms with E-state index in [4.69, 9.17) is 0 Å². The summed E-state index contributed by atoms with van der Waals surface area (Å²) in [6.07, 6.45) is 0. The summed E-state index contributed by atoms with van der Waals surface area (Å²) in [7, 11) is 3.39. The van der Waals surface area contributed by atoms with Crippen molar-refractivity contribution in [3.05, 3.63) is 33.9 Å². The minimum atomic E-state index is -0.421. The lowest BCUT2D eigenvalue weighted by Crippen LogP contribution is -2.58. The number of nitrogens with one attached hydrogen (secondary N) is 1. The molecule has 1 N–H and O–H groups in total. The van der Waals surface area contributed by atoms with Gasteiger partial charge >= 0.3 is 0 Å². The molecule has 1 aromatic carbocycles. The van der Waals surface area contributed by atoms with Crippen molar-refractivity contribution >= 4 is 17.3 Å². The van der Waals surface area contributed by atoms with Crippen LogP contribution in [0.1, 0.15) is 5.56 Å². The van der Waals surface area contributed by atoms with Crippen LogP contribution >= 0.6 is 0 Å². The van der Waals surface area contributed by atoms with Gasteiger partial charge in [-0.2, -0.15) is 0 Å². The number of carbonyl (C=O) groups is 1. The predicted octanol–water partition coefficient (Wildman–Crippen LogP) is 0.770. The molecule has 1 amide bonds. The fourth-order valence-electron chi connectivity index (χ4n) is 2.53. The molecule has 0 aromatic heterocycles. The van der Waals surface area contributed by atoms with Crippen LogP contribution in [0.3, 0.4) is 0 Å². The highest BCUT2D eigenvalue weighted by Gasteiger charge is 2.33. The molecule has 2 rings (SSSR count). The summed E-state index contributed by atoms with van der Waals surface area (Å²) in [5.41, 5.74) is 1.39. The number of nitro benzene ring substituents is 1. The average molecular weight is 292 g/mol. The minimum Gasteiger partial charge on any atom is -0.352 e. The number of carbonyl (C=O) groups excluding carboxylic acids is 1. The molecule has 1 unspecified atom stereocenters. The molecular formula is C14H20N4O3. The van der Waals surface area contributed by atoms with Gasteiger partial charge in [0.05, 0.1) is 4.92 Å². The quantitative estimate of drug-likeness (QED) is 0.657. The van der Waals surface area contributed by atoms with Gasteiger partial charge in [-0.25, -0.2) is 0 Å². The molecule has 1 aliphatic rings. The summed E-state index contributed by atoms with van der Waals surface area (Å²) in [4.78, 5) is 26.6. The first-order valence-corrected chi connectivity index (χ1v) is 6.85. The fourth-order valence-corrected chi connectivity index (χ4v) is 2.53. The number of benzene rings is 1. The molecule has 0 bridgehead atoms. The van der Waals surface area contributed by atoms with E-state index in [1.165, 1.54) is 4.90 Å². The van der Waals surface area contributed by atoms with Crippen molar-refractivity contribution in [2.24, 2.45) is 0 Å². The van der Waals surface area contributed by atoms with Crippen LogP contribution < -0.4 is 10.2 Å². The van der Waals surface area contributed by atoms with Crippen LogP contribution in [0.15, 0.2) is 18.2 Å². The van der Waals surface area contributed by atoms with E-state index in [0.717, 1.165) is 5.56 Å². The normalized spacial score (nSPS) is 18.4. The highest BCUT2D eigenvalue weighted by atomic mass is 16.6. The Morgan fingerprint density at radius 2 is 2.19 bits per heavy atom. The Bertz CT molecular complexity index is 559. The molecule has 114 valence electrons. The van der Waals surface area contributed by atoms with Crippen molar-refractivity contribution in [2.45, 2.75) is 13.0 Å². The van der Waals surface area contributed by atoms with E-state index >= 15 is 0 Å². The SMILES string of the molecule is Cc1ccc(N2CCNCC2C(=O)N(C)C)c([N+](=O)[O-])c1. The van der Waals surface area contributed by atoms with E-state index in [2.05, 4.69) is 5.32 Å². The summed E-state index contributed by atoms with van der Waals surface area (Å²) in [6, 6.07) is 4.69. The van der Waals surface area contributed by atoms with Crippen LogP contribution in [0, 0.1) is 17.0 Å². The predicted molar refractivity (Wildman–Crippen MR) is 80.5 cm³/mol. The first kappa shape index (κ1) is 15.2. The number of amides is 1. The third-order valence-electron chi connectivity index (χ3n) is 3.61. The molecule has 7 nitrogen and oxygen atoms in total. The molecule has 1 atom stereocenters. The summed E-state index contributed by atoms with van der Waals surface area (Å²) in [6.45, 7) is 3.56. The van der Waals surface area contributed by atoms with Crippen LogP contribution in [0.25, 0.3) is 0 Å². The van der Waals surface area contributed by atoms with Crippen LogP contribution in [-0.2, 0) is 4.79 Å². The Morgan fingerprint density at radius 3 is 2.81 bits per heavy atom. The molecule has 7 heteroatoms. The van der Waals surface area contributed by atoms with E-state index in [1.54, 1.807) is 26.2 Å². The van der Waals surface area contributed by atoms with Crippen molar-refractivity contribution in [1.82, 2.24) is 10.2 Å². The van der Waals surface area contributed by atoms with Crippen LogP contribution in [-0.4, -0.2) is 55.5 Å². The highest BCUT2D eigenvalue weighted by molar-refractivity contribution is 5.86. The lowest BCUT2D eigenvalue weighted by Gasteiger charge is -2.37. The number of nitrogens with zero attached hydrogens (tertiary/aromatic N) is 3. The third-order valence-corrected chi connectivity index (χ3v) is 3.61. The van der Waals surface area contributed by atoms with Crippen LogP contribution in [0.4, 0.5) is 11.4 Å².